The normalized spacial score (nSPS) is 11.1. The zero-order valence-electron chi connectivity index (χ0n) is 17.1. The molecular formula is C21H25N3O3S3. The third kappa shape index (κ3) is 5.39. The van der Waals surface area contributed by atoms with E-state index in [2.05, 4.69) is 19.1 Å². The number of hydrogen-bond donors (Lipinski definition) is 0. The maximum absolute atomic E-state index is 13.2. The topological polar surface area (TPSA) is 66.1 Å². The van der Waals surface area contributed by atoms with E-state index in [-0.39, 0.29) is 17.3 Å². The summed E-state index contributed by atoms with van der Waals surface area (Å²) in [4.78, 5) is 29.8. The fourth-order valence-corrected chi connectivity index (χ4v) is 5.19. The number of carbonyl (C=O) groups is 1. The Morgan fingerprint density at radius 1 is 1.20 bits per heavy atom. The molecule has 2 aromatic heterocycles. The maximum Gasteiger partial charge on any atom is 0.316 e. The number of aryl methyl sites for hydroxylation is 2. The highest BCUT2D eigenvalue weighted by atomic mass is 32.2. The van der Waals surface area contributed by atoms with Crippen molar-refractivity contribution in [3.8, 4) is 0 Å². The smallest absolute Gasteiger partial charge is 0.316 e. The summed E-state index contributed by atoms with van der Waals surface area (Å²) in [5, 5.41) is 0.537. The molecule has 0 saturated carbocycles. The molecule has 0 saturated heterocycles. The minimum Gasteiger partial charge on any atom is -0.465 e. The highest BCUT2D eigenvalue weighted by molar-refractivity contribution is 7.99. The molecule has 0 unspecified atom stereocenters. The molecule has 0 aliphatic heterocycles. The predicted octanol–water partition coefficient (Wildman–Crippen LogP) is 4.69. The Morgan fingerprint density at radius 2 is 1.97 bits per heavy atom. The van der Waals surface area contributed by atoms with Gasteiger partial charge in [0.1, 0.15) is 4.70 Å². The van der Waals surface area contributed by atoms with Crippen molar-refractivity contribution in [3.05, 3.63) is 50.2 Å². The lowest BCUT2D eigenvalue weighted by atomic mass is 10.1. The fourth-order valence-electron chi connectivity index (χ4n) is 3.04. The monoisotopic (exact) mass is 463 g/mol. The quantitative estimate of drug-likeness (QED) is 0.188. The van der Waals surface area contributed by atoms with Crippen LogP contribution in [0.4, 0.5) is 0 Å². The first-order chi connectivity index (χ1) is 14.5. The van der Waals surface area contributed by atoms with Gasteiger partial charge in [-0.15, -0.1) is 0 Å². The molecule has 0 amide bonds. The van der Waals surface area contributed by atoms with Crippen molar-refractivity contribution in [1.29, 1.82) is 0 Å². The summed E-state index contributed by atoms with van der Waals surface area (Å²) in [6, 6.07) is 10.2. The van der Waals surface area contributed by atoms with E-state index < -0.39 is 0 Å². The molecular weight excluding hydrogens is 438 g/mol. The van der Waals surface area contributed by atoms with E-state index in [1.54, 1.807) is 11.5 Å². The molecule has 0 atom stereocenters. The lowest BCUT2D eigenvalue weighted by Gasteiger charge is -2.12. The van der Waals surface area contributed by atoms with Gasteiger partial charge in [0.2, 0.25) is 0 Å². The largest absolute Gasteiger partial charge is 0.465 e. The summed E-state index contributed by atoms with van der Waals surface area (Å²) in [6.45, 7) is 5.40. The van der Waals surface area contributed by atoms with E-state index >= 15 is 0 Å². The number of unbranched alkanes of at least 4 members (excludes halogenated alkanes) is 1. The highest BCUT2D eigenvalue weighted by Gasteiger charge is 2.18. The van der Waals surface area contributed by atoms with Crippen LogP contribution in [0, 0.1) is 3.95 Å². The summed E-state index contributed by atoms with van der Waals surface area (Å²) >= 11 is 8.11. The number of aromatic nitrogens is 3. The second-order valence-corrected chi connectivity index (χ2v) is 9.29. The van der Waals surface area contributed by atoms with Gasteiger partial charge < -0.3 is 9.30 Å². The minimum absolute atomic E-state index is 0.0885. The van der Waals surface area contributed by atoms with Crippen LogP contribution in [0.1, 0.15) is 32.3 Å². The van der Waals surface area contributed by atoms with Crippen LogP contribution in [-0.2, 0) is 29.0 Å². The van der Waals surface area contributed by atoms with Crippen molar-refractivity contribution in [1.82, 2.24) is 14.1 Å². The molecule has 0 spiro atoms. The molecule has 2 heterocycles. The number of thiazole rings is 1. The Kier molecular flexibility index (Phi) is 8.24. The number of ether oxygens (including phenoxy) is 1. The molecule has 0 aliphatic rings. The van der Waals surface area contributed by atoms with E-state index in [0.29, 0.717) is 39.2 Å². The first-order valence-electron chi connectivity index (χ1n) is 10.0. The van der Waals surface area contributed by atoms with Gasteiger partial charge in [-0.1, -0.05) is 66.8 Å². The van der Waals surface area contributed by atoms with Crippen LogP contribution in [0.15, 0.2) is 40.3 Å². The van der Waals surface area contributed by atoms with Gasteiger partial charge in [-0.3, -0.25) is 14.2 Å². The van der Waals surface area contributed by atoms with Crippen LogP contribution in [0.5, 0.6) is 0 Å². The molecule has 0 fully saturated rings. The molecule has 3 aromatic rings. The van der Waals surface area contributed by atoms with Crippen molar-refractivity contribution in [2.75, 3.05) is 12.4 Å². The molecule has 0 aliphatic carbocycles. The van der Waals surface area contributed by atoms with Crippen LogP contribution in [0.25, 0.3) is 10.3 Å². The van der Waals surface area contributed by atoms with E-state index in [0.717, 1.165) is 19.3 Å². The minimum atomic E-state index is -0.315. The summed E-state index contributed by atoms with van der Waals surface area (Å²) in [7, 11) is 0. The van der Waals surface area contributed by atoms with Gasteiger partial charge in [-0.25, -0.2) is 4.98 Å². The second-order valence-electron chi connectivity index (χ2n) is 6.71. The highest BCUT2D eigenvalue weighted by Crippen LogP contribution is 2.24. The van der Waals surface area contributed by atoms with Crippen molar-refractivity contribution in [2.24, 2.45) is 0 Å². The number of fused-ring (bicyclic) bond motifs is 1. The molecule has 9 heteroatoms. The average Bonchev–Trinajstić information content (AvgIpc) is 3.06. The summed E-state index contributed by atoms with van der Waals surface area (Å²) in [6.07, 6.45) is 2.62. The van der Waals surface area contributed by atoms with E-state index in [1.807, 2.05) is 22.8 Å². The molecule has 0 bridgehead atoms. The van der Waals surface area contributed by atoms with Gasteiger partial charge in [-0.2, -0.15) is 0 Å². The van der Waals surface area contributed by atoms with E-state index in [1.165, 1.54) is 28.7 Å². The number of thioether (sulfide) groups is 1. The maximum atomic E-state index is 13.2. The zero-order valence-corrected chi connectivity index (χ0v) is 19.6. The predicted molar refractivity (Wildman–Crippen MR) is 125 cm³/mol. The second kappa shape index (κ2) is 10.9. The van der Waals surface area contributed by atoms with Gasteiger partial charge in [0.15, 0.2) is 14.8 Å². The summed E-state index contributed by atoms with van der Waals surface area (Å²) < 4.78 is 9.84. The molecule has 0 N–H and O–H groups in total. The number of hydrogen-bond acceptors (Lipinski definition) is 7. The van der Waals surface area contributed by atoms with Gasteiger partial charge in [0, 0.05) is 13.1 Å². The molecule has 3 rings (SSSR count). The van der Waals surface area contributed by atoms with Gasteiger partial charge >= 0.3 is 5.97 Å². The Labute approximate surface area is 188 Å². The van der Waals surface area contributed by atoms with E-state index in [4.69, 9.17) is 21.9 Å². The first kappa shape index (κ1) is 22.7. The Hall–Kier alpha value is -1.97. The van der Waals surface area contributed by atoms with Gasteiger partial charge in [0.25, 0.3) is 5.56 Å². The molecule has 6 nitrogen and oxygen atoms in total. The van der Waals surface area contributed by atoms with Crippen molar-refractivity contribution in [2.45, 2.75) is 51.4 Å². The van der Waals surface area contributed by atoms with E-state index in [9.17, 15) is 9.59 Å². The number of rotatable bonds is 10. The average molecular weight is 464 g/mol. The number of nitrogens with zero attached hydrogens (tertiary/aromatic N) is 3. The third-order valence-corrected chi connectivity index (χ3v) is 6.94. The van der Waals surface area contributed by atoms with Crippen molar-refractivity contribution < 1.29 is 9.53 Å². The van der Waals surface area contributed by atoms with Crippen LogP contribution < -0.4 is 5.56 Å². The Bertz CT molecular complexity index is 1120. The first-order valence-corrected chi connectivity index (χ1v) is 12.2. The van der Waals surface area contributed by atoms with Crippen LogP contribution in [0.3, 0.4) is 0 Å². The van der Waals surface area contributed by atoms with Crippen molar-refractivity contribution in [3.63, 3.8) is 0 Å². The van der Waals surface area contributed by atoms with Crippen LogP contribution >= 0.6 is 35.3 Å². The molecule has 0 radical (unpaired) electrons. The van der Waals surface area contributed by atoms with Crippen molar-refractivity contribution >= 4 is 51.6 Å². The number of benzene rings is 1. The molecule has 160 valence electrons. The van der Waals surface area contributed by atoms with Crippen LogP contribution in [0.2, 0.25) is 0 Å². The fraction of sp³-hybridized carbons (Fsp3) is 0.429. The lowest BCUT2D eigenvalue weighted by Crippen LogP contribution is -2.24. The summed E-state index contributed by atoms with van der Waals surface area (Å²) in [5.74, 6) is -0.197. The SMILES string of the molecule is CCCCn1c(SCC(=O)OCC)nc2c(sc(=S)n2CCc2ccccc2)c1=O. The Balaban J connectivity index is 1.98. The van der Waals surface area contributed by atoms with Crippen LogP contribution in [-0.4, -0.2) is 32.4 Å². The lowest BCUT2D eigenvalue weighted by molar-refractivity contribution is -0.139. The number of carbonyl (C=O) groups excluding carboxylic acids is 1. The third-order valence-electron chi connectivity index (χ3n) is 4.57. The number of esters is 1. The molecule has 30 heavy (non-hydrogen) atoms. The Morgan fingerprint density at radius 3 is 2.67 bits per heavy atom. The van der Waals surface area contributed by atoms with Gasteiger partial charge in [0.05, 0.1) is 12.4 Å². The zero-order chi connectivity index (χ0) is 21.5. The standard InChI is InChI=1S/C21H25N3O3S3/c1-3-5-12-24-19(26)17-18(22-20(24)29-14-16(25)27-4-2)23(21(28)30-17)13-11-15-9-7-6-8-10-15/h6-10H,3-5,11-14H2,1-2H3. The summed E-state index contributed by atoms with van der Waals surface area (Å²) in [5.41, 5.74) is 1.71. The molecule has 1 aromatic carbocycles. The van der Waals surface area contributed by atoms with Gasteiger partial charge in [-0.05, 0) is 37.5 Å².